The Labute approximate surface area is 115 Å². The molecular formula is C12H17N5OS. The van der Waals surface area contributed by atoms with E-state index in [1.165, 1.54) is 0 Å². The maximum atomic E-state index is 12.3. The Morgan fingerprint density at radius 1 is 1.32 bits per heavy atom. The van der Waals surface area contributed by atoms with E-state index in [9.17, 15) is 4.79 Å². The van der Waals surface area contributed by atoms with Gasteiger partial charge in [0.1, 0.15) is 4.88 Å². The van der Waals surface area contributed by atoms with Crippen LogP contribution in [-0.2, 0) is 5.41 Å². The monoisotopic (exact) mass is 279 g/mol. The number of rotatable bonds is 2. The Hall–Kier alpha value is -1.76. The largest absolute Gasteiger partial charge is 0.304 e. The second kappa shape index (κ2) is 4.73. The van der Waals surface area contributed by atoms with E-state index in [2.05, 4.69) is 25.1 Å². The van der Waals surface area contributed by atoms with Crippen molar-refractivity contribution in [3.63, 3.8) is 0 Å². The predicted molar refractivity (Wildman–Crippen MR) is 74.6 cm³/mol. The lowest BCUT2D eigenvalue weighted by Gasteiger charge is -2.15. The quantitative estimate of drug-likeness (QED) is 0.884. The summed E-state index contributed by atoms with van der Waals surface area (Å²) in [6, 6.07) is 0. The Morgan fingerprint density at radius 2 is 2.00 bits per heavy atom. The van der Waals surface area contributed by atoms with E-state index in [0.29, 0.717) is 16.4 Å². The molecule has 0 saturated carbocycles. The fourth-order valence-corrected chi connectivity index (χ4v) is 2.37. The summed E-state index contributed by atoms with van der Waals surface area (Å²) in [6.45, 7) is 9.83. The zero-order valence-electron chi connectivity index (χ0n) is 11.7. The third kappa shape index (κ3) is 2.65. The van der Waals surface area contributed by atoms with Gasteiger partial charge in [-0.2, -0.15) is 5.10 Å². The highest BCUT2D eigenvalue weighted by atomic mass is 32.1. The van der Waals surface area contributed by atoms with Gasteiger partial charge in [-0.3, -0.25) is 9.89 Å². The first-order valence-corrected chi connectivity index (χ1v) is 6.74. The molecule has 2 aromatic heterocycles. The molecule has 0 aromatic carbocycles. The van der Waals surface area contributed by atoms with Gasteiger partial charge in [0.15, 0.2) is 5.82 Å². The van der Waals surface area contributed by atoms with Crippen LogP contribution >= 0.6 is 11.5 Å². The summed E-state index contributed by atoms with van der Waals surface area (Å²) >= 11 is 1.11. The van der Waals surface area contributed by atoms with Crippen molar-refractivity contribution in [3.05, 3.63) is 21.8 Å². The Morgan fingerprint density at radius 3 is 2.53 bits per heavy atom. The summed E-state index contributed by atoms with van der Waals surface area (Å²) in [6.07, 6.45) is 0. The second-order valence-corrected chi connectivity index (χ2v) is 6.23. The lowest BCUT2D eigenvalue weighted by molar-refractivity contribution is 0.102. The number of nitrogens with zero attached hydrogens (tertiary/aromatic N) is 3. The first-order valence-electron chi connectivity index (χ1n) is 5.96. The third-order valence-corrected chi connectivity index (χ3v) is 3.61. The second-order valence-electron chi connectivity index (χ2n) is 5.48. The lowest BCUT2D eigenvalue weighted by atomic mass is 9.91. The van der Waals surface area contributed by atoms with Crippen LogP contribution in [0.2, 0.25) is 0 Å². The van der Waals surface area contributed by atoms with E-state index in [1.54, 1.807) is 0 Å². The van der Waals surface area contributed by atoms with Crippen molar-refractivity contribution in [1.29, 1.82) is 0 Å². The number of aromatic amines is 1. The number of nitrogens with one attached hydrogen (secondary N) is 2. The summed E-state index contributed by atoms with van der Waals surface area (Å²) in [5.74, 6) is 0.338. The van der Waals surface area contributed by atoms with Crippen molar-refractivity contribution >= 4 is 23.3 Å². The van der Waals surface area contributed by atoms with Gasteiger partial charge >= 0.3 is 0 Å². The highest BCUT2D eigenvalue weighted by molar-refractivity contribution is 7.08. The SMILES string of the molecule is Cc1[nH]nc(NC(=O)c2snnc2C(C)(C)C)c1C. The highest BCUT2D eigenvalue weighted by Crippen LogP contribution is 2.26. The molecule has 2 heterocycles. The van der Waals surface area contributed by atoms with Crippen LogP contribution < -0.4 is 5.32 Å². The van der Waals surface area contributed by atoms with Crippen molar-refractivity contribution in [3.8, 4) is 0 Å². The van der Waals surface area contributed by atoms with Crippen LogP contribution in [0.25, 0.3) is 0 Å². The molecule has 7 heteroatoms. The summed E-state index contributed by atoms with van der Waals surface area (Å²) < 4.78 is 3.88. The average Bonchev–Trinajstić information content (AvgIpc) is 2.90. The minimum Gasteiger partial charge on any atom is -0.304 e. The topological polar surface area (TPSA) is 83.6 Å². The standard InChI is InChI=1S/C12H17N5OS/c1-6-7(2)14-16-10(6)13-11(18)8-9(12(3,4)5)15-17-19-8/h1-5H3,(H2,13,14,16,18). The number of anilines is 1. The van der Waals surface area contributed by atoms with Crippen LogP contribution in [0.3, 0.4) is 0 Å². The van der Waals surface area contributed by atoms with Crippen molar-refractivity contribution in [1.82, 2.24) is 19.8 Å². The van der Waals surface area contributed by atoms with Crippen molar-refractivity contribution in [2.24, 2.45) is 0 Å². The molecule has 2 aromatic rings. The Balaban J connectivity index is 2.27. The van der Waals surface area contributed by atoms with E-state index >= 15 is 0 Å². The van der Waals surface area contributed by atoms with Gasteiger partial charge in [-0.05, 0) is 25.4 Å². The molecule has 6 nitrogen and oxygen atoms in total. The minimum absolute atomic E-state index is 0.212. The number of carbonyl (C=O) groups excluding carboxylic acids is 1. The summed E-state index contributed by atoms with van der Waals surface area (Å²) in [4.78, 5) is 12.8. The predicted octanol–water partition coefficient (Wildman–Crippen LogP) is 2.43. The van der Waals surface area contributed by atoms with E-state index in [1.807, 2.05) is 34.6 Å². The Bertz CT molecular complexity index is 608. The van der Waals surface area contributed by atoms with E-state index in [0.717, 1.165) is 22.8 Å². The molecular weight excluding hydrogens is 262 g/mol. The molecule has 0 spiro atoms. The molecule has 0 aliphatic rings. The zero-order valence-corrected chi connectivity index (χ0v) is 12.5. The molecule has 0 fully saturated rings. The molecule has 1 amide bonds. The molecule has 0 aliphatic heterocycles. The smallest absolute Gasteiger partial charge is 0.270 e. The normalized spacial score (nSPS) is 11.6. The van der Waals surface area contributed by atoms with Gasteiger partial charge in [0.05, 0.1) is 5.69 Å². The van der Waals surface area contributed by atoms with E-state index < -0.39 is 0 Å². The number of aryl methyl sites for hydroxylation is 1. The van der Waals surface area contributed by atoms with Crippen LogP contribution in [0.15, 0.2) is 0 Å². The average molecular weight is 279 g/mol. The number of aromatic nitrogens is 4. The molecule has 19 heavy (non-hydrogen) atoms. The van der Waals surface area contributed by atoms with Gasteiger partial charge in [-0.15, -0.1) is 5.10 Å². The van der Waals surface area contributed by atoms with Gasteiger partial charge in [-0.25, -0.2) is 0 Å². The number of carbonyl (C=O) groups is 1. The maximum Gasteiger partial charge on any atom is 0.270 e. The summed E-state index contributed by atoms with van der Waals surface area (Å²) in [7, 11) is 0. The van der Waals surface area contributed by atoms with Crippen LogP contribution in [0, 0.1) is 13.8 Å². The van der Waals surface area contributed by atoms with Crippen LogP contribution in [0.5, 0.6) is 0 Å². The fourth-order valence-electron chi connectivity index (χ4n) is 1.60. The lowest BCUT2D eigenvalue weighted by Crippen LogP contribution is -2.20. The number of amides is 1. The Kier molecular flexibility index (Phi) is 3.40. The highest BCUT2D eigenvalue weighted by Gasteiger charge is 2.26. The number of hydrogen-bond donors (Lipinski definition) is 2. The molecule has 0 aliphatic carbocycles. The number of H-pyrrole nitrogens is 1. The van der Waals surface area contributed by atoms with Gasteiger partial charge in [0.25, 0.3) is 5.91 Å². The maximum absolute atomic E-state index is 12.3. The van der Waals surface area contributed by atoms with Gasteiger partial charge in [0.2, 0.25) is 0 Å². The molecule has 0 saturated heterocycles. The first-order chi connectivity index (χ1) is 8.80. The van der Waals surface area contributed by atoms with Crippen LogP contribution in [-0.4, -0.2) is 25.7 Å². The van der Waals surface area contributed by atoms with Gasteiger partial charge in [-0.1, -0.05) is 25.3 Å². The van der Waals surface area contributed by atoms with E-state index in [4.69, 9.17) is 0 Å². The van der Waals surface area contributed by atoms with Crippen molar-refractivity contribution in [2.75, 3.05) is 5.32 Å². The van der Waals surface area contributed by atoms with Crippen molar-refractivity contribution in [2.45, 2.75) is 40.0 Å². The van der Waals surface area contributed by atoms with Crippen LogP contribution in [0.4, 0.5) is 5.82 Å². The molecule has 2 N–H and O–H groups in total. The molecule has 0 atom stereocenters. The minimum atomic E-state index is -0.213. The molecule has 0 bridgehead atoms. The van der Waals surface area contributed by atoms with Crippen LogP contribution in [0.1, 0.15) is 47.4 Å². The molecule has 0 radical (unpaired) electrons. The summed E-state index contributed by atoms with van der Waals surface area (Å²) in [5.41, 5.74) is 2.37. The molecule has 2 rings (SSSR count). The molecule has 0 unspecified atom stereocenters. The van der Waals surface area contributed by atoms with Gasteiger partial charge < -0.3 is 5.32 Å². The molecule has 102 valence electrons. The van der Waals surface area contributed by atoms with Gasteiger partial charge in [0, 0.05) is 16.7 Å². The third-order valence-electron chi connectivity index (χ3n) is 2.89. The zero-order chi connectivity index (χ0) is 14.2. The number of hydrogen-bond acceptors (Lipinski definition) is 5. The fraction of sp³-hybridized carbons (Fsp3) is 0.500. The van der Waals surface area contributed by atoms with E-state index in [-0.39, 0.29) is 11.3 Å². The first kappa shape index (κ1) is 13.7. The summed E-state index contributed by atoms with van der Waals surface area (Å²) in [5, 5.41) is 13.8. The van der Waals surface area contributed by atoms with Crippen molar-refractivity contribution < 1.29 is 4.79 Å².